The number of benzene rings is 2. The maximum absolute atomic E-state index is 7.25. The highest BCUT2D eigenvalue weighted by molar-refractivity contribution is 5.88. The van der Waals surface area contributed by atoms with Gasteiger partial charge in [-0.15, -0.1) is 0 Å². The Bertz CT molecular complexity index is 607. The van der Waals surface area contributed by atoms with Crippen molar-refractivity contribution in [3.63, 3.8) is 0 Å². The van der Waals surface area contributed by atoms with Crippen LogP contribution in [0.3, 0.4) is 0 Å². The lowest BCUT2D eigenvalue weighted by Gasteiger charge is -2.12. The van der Waals surface area contributed by atoms with Crippen molar-refractivity contribution < 1.29 is 4.74 Å². The van der Waals surface area contributed by atoms with Gasteiger partial charge in [-0.25, -0.2) is 4.85 Å². The summed E-state index contributed by atoms with van der Waals surface area (Å²) in [6.45, 7) is 9.23. The minimum absolute atomic E-state index is 0.580. The summed E-state index contributed by atoms with van der Waals surface area (Å²) in [5, 5.41) is 0. The Labute approximate surface area is 107 Å². The summed E-state index contributed by atoms with van der Waals surface area (Å²) in [6, 6.07) is 11.1. The van der Waals surface area contributed by atoms with Gasteiger partial charge in [0.05, 0.1) is 13.7 Å². The maximum Gasteiger partial charge on any atom is 0.195 e. The van der Waals surface area contributed by atoms with Gasteiger partial charge < -0.3 is 10.5 Å². The summed E-state index contributed by atoms with van der Waals surface area (Å²) in [6.07, 6.45) is 0. The molecule has 0 atom stereocenters. The van der Waals surface area contributed by atoms with Crippen LogP contribution in [0.1, 0.15) is 5.56 Å². The van der Waals surface area contributed by atoms with E-state index in [0.717, 1.165) is 22.4 Å². The Morgan fingerprint density at radius 2 is 2.00 bits per heavy atom. The first-order valence-electron chi connectivity index (χ1n) is 5.58. The van der Waals surface area contributed by atoms with E-state index in [-0.39, 0.29) is 0 Å². The molecule has 0 saturated carbocycles. The molecule has 2 aromatic rings. The van der Waals surface area contributed by atoms with E-state index >= 15 is 0 Å². The number of hydrogen-bond acceptors (Lipinski definition) is 2. The third kappa shape index (κ3) is 2.01. The van der Waals surface area contributed by atoms with E-state index in [9.17, 15) is 0 Å². The highest BCUT2D eigenvalue weighted by Gasteiger charge is 2.11. The van der Waals surface area contributed by atoms with Crippen LogP contribution in [0.25, 0.3) is 16.0 Å². The molecule has 0 aliphatic rings. The lowest BCUT2D eigenvalue weighted by atomic mass is 9.97. The molecule has 0 aromatic heterocycles. The number of anilines is 1. The number of nitrogen functional groups attached to an aromatic ring is 1. The number of nitrogens with two attached hydrogens (primary N) is 1. The van der Waals surface area contributed by atoms with Crippen LogP contribution < -0.4 is 10.5 Å². The largest absolute Gasteiger partial charge is 0.497 e. The summed E-state index contributed by atoms with van der Waals surface area (Å²) in [4.78, 5) is 3.54. The van der Waals surface area contributed by atoms with Gasteiger partial charge in [0.2, 0.25) is 0 Å². The van der Waals surface area contributed by atoms with Crippen LogP contribution in [0.4, 0.5) is 11.4 Å². The SMILES string of the molecule is [C-]#[N+]c1ccc(OC)cc1-c1c(C)cccc1N. The van der Waals surface area contributed by atoms with E-state index in [1.807, 2.05) is 31.2 Å². The van der Waals surface area contributed by atoms with Gasteiger partial charge in [0.15, 0.2) is 5.69 Å². The Hall–Kier alpha value is -2.47. The summed E-state index contributed by atoms with van der Waals surface area (Å²) in [7, 11) is 1.61. The number of nitrogens with zero attached hydrogens (tertiary/aromatic N) is 1. The van der Waals surface area contributed by atoms with Crippen molar-refractivity contribution in [2.45, 2.75) is 6.92 Å². The second kappa shape index (κ2) is 4.80. The first kappa shape index (κ1) is 12.0. The third-order valence-corrected chi connectivity index (χ3v) is 2.90. The van der Waals surface area contributed by atoms with Crippen LogP contribution in [0.5, 0.6) is 5.75 Å². The van der Waals surface area contributed by atoms with Gasteiger partial charge in [-0.05, 0) is 41.8 Å². The van der Waals surface area contributed by atoms with Gasteiger partial charge in [-0.3, -0.25) is 0 Å². The first-order chi connectivity index (χ1) is 8.67. The Morgan fingerprint density at radius 1 is 1.22 bits per heavy atom. The van der Waals surface area contributed by atoms with Crippen LogP contribution in [-0.2, 0) is 0 Å². The molecule has 0 saturated heterocycles. The second-order valence-electron chi connectivity index (χ2n) is 4.03. The van der Waals surface area contributed by atoms with Gasteiger partial charge in [-0.2, -0.15) is 0 Å². The number of hydrogen-bond donors (Lipinski definition) is 1. The quantitative estimate of drug-likeness (QED) is 0.638. The number of aryl methyl sites for hydroxylation is 1. The smallest absolute Gasteiger partial charge is 0.195 e. The monoisotopic (exact) mass is 238 g/mol. The molecule has 2 rings (SSSR count). The molecule has 0 aliphatic heterocycles. The van der Waals surface area contributed by atoms with Gasteiger partial charge in [-0.1, -0.05) is 18.2 Å². The zero-order valence-electron chi connectivity index (χ0n) is 10.4. The van der Waals surface area contributed by atoms with Crippen LogP contribution in [0, 0.1) is 13.5 Å². The lowest BCUT2D eigenvalue weighted by molar-refractivity contribution is 0.415. The molecule has 0 heterocycles. The van der Waals surface area contributed by atoms with Gasteiger partial charge >= 0.3 is 0 Å². The second-order valence-corrected chi connectivity index (χ2v) is 4.03. The van der Waals surface area contributed by atoms with E-state index in [1.54, 1.807) is 19.2 Å². The van der Waals surface area contributed by atoms with E-state index in [4.69, 9.17) is 17.0 Å². The van der Waals surface area contributed by atoms with Crippen LogP contribution >= 0.6 is 0 Å². The molecule has 3 nitrogen and oxygen atoms in total. The molecule has 90 valence electrons. The highest BCUT2D eigenvalue weighted by atomic mass is 16.5. The molecule has 2 N–H and O–H groups in total. The van der Waals surface area contributed by atoms with Crippen LogP contribution in [0.2, 0.25) is 0 Å². The highest BCUT2D eigenvalue weighted by Crippen LogP contribution is 2.38. The Balaban J connectivity index is 2.74. The molecular formula is C15H14N2O. The molecule has 0 unspecified atom stereocenters. The van der Waals surface area contributed by atoms with Crippen molar-refractivity contribution in [2.24, 2.45) is 0 Å². The average Bonchev–Trinajstić information content (AvgIpc) is 2.38. The van der Waals surface area contributed by atoms with Crippen molar-refractivity contribution >= 4 is 11.4 Å². The van der Waals surface area contributed by atoms with E-state index in [2.05, 4.69) is 4.85 Å². The van der Waals surface area contributed by atoms with Crippen molar-refractivity contribution in [3.8, 4) is 16.9 Å². The van der Waals surface area contributed by atoms with Crippen LogP contribution in [-0.4, -0.2) is 7.11 Å². The average molecular weight is 238 g/mol. The van der Waals surface area contributed by atoms with Crippen molar-refractivity contribution in [3.05, 3.63) is 53.4 Å². The molecule has 0 amide bonds. The van der Waals surface area contributed by atoms with Gasteiger partial charge in [0, 0.05) is 5.69 Å². The molecule has 0 bridgehead atoms. The topological polar surface area (TPSA) is 39.6 Å². The molecule has 0 fully saturated rings. The predicted molar refractivity (Wildman–Crippen MR) is 73.8 cm³/mol. The number of rotatable bonds is 2. The van der Waals surface area contributed by atoms with Crippen molar-refractivity contribution in [1.82, 2.24) is 0 Å². The fraction of sp³-hybridized carbons (Fsp3) is 0.133. The summed E-state index contributed by atoms with van der Waals surface area (Å²) in [5.41, 5.74) is 10.1. The van der Waals surface area contributed by atoms with E-state index in [1.165, 1.54) is 0 Å². The van der Waals surface area contributed by atoms with Crippen molar-refractivity contribution in [1.29, 1.82) is 0 Å². The molecule has 18 heavy (non-hydrogen) atoms. The van der Waals surface area contributed by atoms with Gasteiger partial charge in [0.25, 0.3) is 0 Å². The molecular weight excluding hydrogens is 224 g/mol. The molecule has 0 aliphatic carbocycles. The minimum atomic E-state index is 0.580. The standard InChI is InChI=1S/C15H14N2O/c1-10-5-4-6-13(16)15(10)12-9-11(18-3)7-8-14(12)17-2/h4-9H,16H2,1,3H3. The fourth-order valence-corrected chi connectivity index (χ4v) is 2.00. The molecule has 0 radical (unpaired) electrons. The molecule has 0 spiro atoms. The summed E-state index contributed by atoms with van der Waals surface area (Å²) in [5.74, 6) is 0.722. The van der Waals surface area contributed by atoms with Crippen molar-refractivity contribution in [2.75, 3.05) is 12.8 Å². The number of ether oxygens (including phenoxy) is 1. The summed E-state index contributed by atoms with van der Waals surface area (Å²) >= 11 is 0. The molecule has 3 heteroatoms. The first-order valence-corrected chi connectivity index (χ1v) is 5.58. The fourth-order valence-electron chi connectivity index (χ4n) is 2.00. The van der Waals surface area contributed by atoms with Gasteiger partial charge in [0.1, 0.15) is 5.75 Å². The minimum Gasteiger partial charge on any atom is -0.497 e. The lowest BCUT2D eigenvalue weighted by Crippen LogP contribution is -1.93. The van der Waals surface area contributed by atoms with E-state index < -0.39 is 0 Å². The van der Waals surface area contributed by atoms with Crippen LogP contribution in [0.15, 0.2) is 36.4 Å². The third-order valence-electron chi connectivity index (χ3n) is 2.90. The normalized spacial score (nSPS) is 9.83. The zero-order valence-corrected chi connectivity index (χ0v) is 10.4. The zero-order chi connectivity index (χ0) is 13.1. The number of methoxy groups -OCH3 is 1. The summed E-state index contributed by atoms with van der Waals surface area (Å²) < 4.78 is 5.21. The Kier molecular flexibility index (Phi) is 3.20. The van der Waals surface area contributed by atoms with E-state index in [0.29, 0.717) is 11.4 Å². The predicted octanol–water partition coefficient (Wildman–Crippen LogP) is 3.80. The molecule has 2 aromatic carbocycles. The maximum atomic E-state index is 7.25. The Morgan fingerprint density at radius 3 is 2.61 bits per heavy atom.